The van der Waals surface area contributed by atoms with Crippen LogP contribution in [-0.4, -0.2) is 16.7 Å². The summed E-state index contributed by atoms with van der Waals surface area (Å²) in [4.78, 5) is 13.1. The summed E-state index contributed by atoms with van der Waals surface area (Å²) in [6.45, 7) is 0. The number of anilines is 1. The first-order valence-electron chi connectivity index (χ1n) is 8.27. The van der Waals surface area contributed by atoms with E-state index in [9.17, 15) is 9.90 Å². The predicted molar refractivity (Wildman–Crippen MR) is 103 cm³/mol. The van der Waals surface area contributed by atoms with Gasteiger partial charge in [0.05, 0.1) is 11.3 Å². The molecule has 1 heterocycles. The van der Waals surface area contributed by atoms with Crippen molar-refractivity contribution in [3.05, 3.63) is 102 Å². The molecular formula is C22H16N2O2. The molecule has 0 atom stereocenters. The van der Waals surface area contributed by atoms with Gasteiger partial charge in [0.2, 0.25) is 0 Å². The Balaban J connectivity index is 1.83. The molecule has 0 radical (unpaired) electrons. The zero-order valence-electron chi connectivity index (χ0n) is 13.9. The molecule has 4 rings (SSSR count). The molecule has 1 amide bonds. The lowest BCUT2D eigenvalue weighted by atomic mass is 10.0. The van der Waals surface area contributed by atoms with Crippen LogP contribution < -0.4 is 5.01 Å². The highest BCUT2D eigenvalue weighted by molar-refractivity contribution is 6.37. The minimum atomic E-state index is -0.196. The van der Waals surface area contributed by atoms with Crippen LogP contribution in [0.2, 0.25) is 0 Å². The van der Waals surface area contributed by atoms with Crippen LogP contribution in [0.15, 0.2) is 95.6 Å². The quantitative estimate of drug-likeness (QED) is 0.726. The number of amides is 1. The van der Waals surface area contributed by atoms with E-state index in [1.165, 1.54) is 5.01 Å². The van der Waals surface area contributed by atoms with E-state index in [0.717, 1.165) is 11.1 Å². The van der Waals surface area contributed by atoms with Crippen molar-refractivity contribution in [3.8, 4) is 5.75 Å². The SMILES string of the molecule is O=C1/C(=C/c2cccc(O)c2)C(c2ccccc2)=NN1c1ccccc1. The standard InChI is InChI=1S/C22H16N2O2/c25-19-13-7-8-16(14-19)15-20-21(17-9-3-1-4-10-17)23-24(22(20)26)18-11-5-2-6-12-18/h1-15,25H/b20-15+. The zero-order valence-corrected chi connectivity index (χ0v) is 13.9. The molecule has 0 spiro atoms. The largest absolute Gasteiger partial charge is 0.508 e. The molecule has 3 aromatic carbocycles. The molecule has 4 heteroatoms. The van der Waals surface area contributed by atoms with Gasteiger partial charge in [-0.25, -0.2) is 0 Å². The maximum atomic E-state index is 13.1. The molecule has 0 aromatic heterocycles. The molecule has 3 aromatic rings. The molecule has 1 aliphatic heterocycles. The topological polar surface area (TPSA) is 52.9 Å². The van der Waals surface area contributed by atoms with Gasteiger partial charge >= 0.3 is 0 Å². The van der Waals surface area contributed by atoms with Crippen molar-refractivity contribution in [1.29, 1.82) is 0 Å². The second-order valence-corrected chi connectivity index (χ2v) is 5.92. The normalized spacial score (nSPS) is 15.4. The monoisotopic (exact) mass is 340 g/mol. The molecule has 126 valence electrons. The maximum Gasteiger partial charge on any atom is 0.281 e. The van der Waals surface area contributed by atoms with Gasteiger partial charge in [0.15, 0.2) is 0 Å². The molecular weight excluding hydrogens is 324 g/mol. The average Bonchev–Trinajstić information content (AvgIpc) is 3.00. The molecule has 0 bridgehead atoms. The fourth-order valence-electron chi connectivity index (χ4n) is 2.88. The summed E-state index contributed by atoms with van der Waals surface area (Å²) in [6.07, 6.45) is 1.76. The second kappa shape index (κ2) is 6.69. The number of para-hydroxylation sites is 1. The van der Waals surface area contributed by atoms with Gasteiger partial charge < -0.3 is 5.11 Å². The number of aromatic hydroxyl groups is 1. The Morgan fingerprint density at radius 2 is 1.54 bits per heavy atom. The van der Waals surface area contributed by atoms with E-state index < -0.39 is 0 Å². The van der Waals surface area contributed by atoms with Crippen molar-refractivity contribution in [3.63, 3.8) is 0 Å². The number of rotatable bonds is 3. The second-order valence-electron chi connectivity index (χ2n) is 5.92. The number of phenolic OH excluding ortho intramolecular Hbond substituents is 1. The molecule has 0 saturated carbocycles. The molecule has 0 aliphatic carbocycles. The summed E-state index contributed by atoms with van der Waals surface area (Å²) in [5, 5.41) is 15.7. The molecule has 1 N–H and O–H groups in total. The highest BCUT2D eigenvalue weighted by atomic mass is 16.3. The summed E-state index contributed by atoms with van der Waals surface area (Å²) < 4.78 is 0. The van der Waals surface area contributed by atoms with Gasteiger partial charge in [-0.15, -0.1) is 0 Å². The number of carbonyl (C=O) groups excluding carboxylic acids is 1. The fourth-order valence-corrected chi connectivity index (χ4v) is 2.88. The minimum absolute atomic E-state index is 0.155. The Morgan fingerprint density at radius 1 is 0.846 bits per heavy atom. The van der Waals surface area contributed by atoms with Crippen LogP contribution in [0.3, 0.4) is 0 Å². The molecule has 0 saturated heterocycles. The molecule has 4 nitrogen and oxygen atoms in total. The van der Waals surface area contributed by atoms with E-state index in [1.807, 2.05) is 66.7 Å². The summed E-state index contributed by atoms with van der Waals surface area (Å²) in [5.74, 6) is -0.0405. The Hall–Kier alpha value is -3.66. The molecule has 0 unspecified atom stereocenters. The third-order valence-electron chi connectivity index (χ3n) is 4.11. The van der Waals surface area contributed by atoms with Gasteiger partial charge in [0.1, 0.15) is 11.5 Å². The maximum absolute atomic E-state index is 13.1. The zero-order chi connectivity index (χ0) is 17.9. The molecule has 1 aliphatic rings. The highest BCUT2D eigenvalue weighted by Gasteiger charge is 2.31. The van der Waals surface area contributed by atoms with E-state index in [0.29, 0.717) is 17.0 Å². The fraction of sp³-hybridized carbons (Fsp3) is 0. The van der Waals surface area contributed by atoms with Crippen molar-refractivity contribution in [1.82, 2.24) is 0 Å². The lowest BCUT2D eigenvalue weighted by molar-refractivity contribution is -0.114. The third-order valence-corrected chi connectivity index (χ3v) is 4.11. The van der Waals surface area contributed by atoms with Gasteiger partial charge in [-0.05, 0) is 35.9 Å². The number of hydrogen-bond acceptors (Lipinski definition) is 3. The van der Waals surface area contributed by atoms with Crippen molar-refractivity contribution < 1.29 is 9.90 Å². The summed E-state index contributed by atoms with van der Waals surface area (Å²) in [6, 6.07) is 25.8. The number of hydrogen-bond donors (Lipinski definition) is 1. The van der Waals surface area contributed by atoms with Crippen molar-refractivity contribution in [2.24, 2.45) is 5.10 Å². The van der Waals surface area contributed by atoms with Crippen molar-refractivity contribution >= 4 is 23.4 Å². The van der Waals surface area contributed by atoms with Crippen LogP contribution in [0.1, 0.15) is 11.1 Å². The lowest BCUT2D eigenvalue weighted by Crippen LogP contribution is -2.21. The number of phenols is 1. The van der Waals surface area contributed by atoms with E-state index >= 15 is 0 Å². The van der Waals surface area contributed by atoms with E-state index in [-0.39, 0.29) is 11.7 Å². The number of hydrazone groups is 1. The van der Waals surface area contributed by atoms with Crippen LogP contribution in [0.25, 0.3) is 6.08 Å². The van der Waals surface area contributed by atoms with Crippen LogP contribution in [0, 0.1) is 0 Å². The Morgan fingerprint density at radius 3 is 2.23 bits per heavy atom. The summed E-state index contributed by atoms with van der Waals surface area (Å²) >= 11 is 0. The van der Waals surface area contributed by atoms with E-state index in [1.54, 1.807) is 24.3 Å². The number of nitrogens with zero attached hydrogens (tertiary/aromatic N) is 2. The van der Waals surface area contributed by atoms with Crippen LogP contribution >= 0.6 is 0 Å². The Bertz CT molecular complexity index is 1010. The number of carbonyl (C=O) groups is 1. The predicted octanol–water partition coefficient (Wildman–Crippen LogP) is 4.23. The molecule has 26 heavy (non-hydrogen) atoms. The van der Waals surface area contributed by atoms with Gasteiger partial charge in [0, 0.05) is 5.56 Å². The van der Waals surface area contributed by atoms with Gasteiger partial charge in [-0.1, -0.05) is 60.7 Å². The van der Waals surface area contributed by atoms with Crippen LogP contribution in [-0.2, 0) is 4.79 Å². The van der Waals surface area contributed by atoms with E-state index in [2.05, 4.69) is 5.10 Å². The summed E-state index contributed by atoms with van der Waals surface area (Å²) in [5.41, 5.74) is 3.43. The smallest absolute Gasteiger partial charge is 0.281 e. The first kappa shape index (κ1) is 15.8. The average molecular weight is 340 g/mol. The minimum Gasteiger partial charge on any atom is -0.508 e. The highest BCUT2D eigenvalue weighted by Crippen LogP contribution is 2.28. The van der Waals surface area contributed by atoms with Crippen molar-refractivity contribution in [2.75, 3.05) is 5.01 Å². The summed E-state index contributed by atoms with van der Waals surface area (Å²) in [7, 11) is 0. The first-order valence-corrected chi connectivity index (χ1v) is 8.27. The first-order chi connectivity index (χ1) is 12.7. The van der Waals surface area contributed by atoms with Gasteiger partial charge in [-0.3, -0.25) is 4.79 Å². The van der Waals surface area contributed by atoms with E-state index in [4.69, 9.17) is 0 Å². The Labute approximate surface area is 151 Å². The van der Waals surface area contributed by atoms with Crippen molar-refractivity contribution in [2.45, 2.75) is 0 Å². The lowest BCUT2D eigenvalue weighted by Gasteiger charge is -2.10. The molecule has 0 fully saturated rings. The van der Waals surface area contributed by atoms with Crippen LogP contribution in [0.5, 0.6) is 5.75 Å². The van der Waals surface area contributed by atoms with Gasteiger partial charge in [-0.2, -0.15) is 10.1 Å². The number of benzene rings is 3. The Kier molecular flexibility index (Phi) is 4.07. The third kappa shape index (κ3) is 3.00. The van der Waals surface area contributed by atoms with Crippen LogP contribution in [0.4, 0.5) is 5.69 Å². The van der Waals surface area contributed by atoms with Gasteiger partial charge in [0.25, 0.3) is 5.91 Å².